The lowest BCUT2D eigenvalue weighted by Crippen LogP contribution is -2.39. The van der Waals surface area contributed by atoms with Gasteiger partial charge in [0.2, 0.25) is 0 Å². The molecule has 1 fully saturated rings. The molecule has 7 heteroatoms. The maximum Gasteiger partial charge on any atom is 0.335 e. The van der Waals surface area contributed by atoms with Crippen LogP contribution in [-0.2, 0) is 14.4 Å². The van der Waals surface area contributed by atoms with Gasteiger partial charge in [0, 0.05) is 0 Å². The van der Waals surface area contributed by atoms with Crippen molar-refractivity contribution in [3.05, 3.63) is 24.2 Å². The first-order valence-electron chi connectivity index (χ1n) is 6.98. The Morgan fingerprint density at radius 3 is 2.67 bits per heavy atom. The van der Waals surface area contributed by atoms with Crippen molar-refractivity contribution >= 4 is 17.8 Å². The molecular formula is C14H18N2O5. The average Bonchev–Trinajstić information content (AvgIpc) is 3.05. The number of rotatable bonds is 4. The monoisotopic (exact) mass is 294 g/mol. The molecule has 0 aromatic carbocycles. The molecule has 7 nitrogen and oxygen atoms in total. The predicted molar refractivity (Wildman–Crippen MR) is 71.9 cm³/mol. The Bertz CT molecular complexity index is 491. The van der Waals surface area contributed by atoms with Gasteiger partial charge in [-0.2, -0.15) is 5.48 Å². The largest absolute Gasteiger partial charge is 0.459 e. The highest BCUT2D eigenvalue weighted by atomic mass is 16.7. The first kappa shape index (κ1) is 15.1. The minimum Gasteiger partial charge on any atom is -0.459 e. The zero-order valence-corrected chi connectivity index (χ0v) is 11.6. The fourth-order valence-corrected chi connectivity index (χ4v) is 2.22. The Balaban J connectivity index is 1.65. The highest BCUT2D eigenvalue weighted by Crippen LogP contribution is 2.24. The van der Waals surface area contributed by atoms with Gasteiger partial charge in [0.05, 0.1) is 12.2 Å². The van der Waals surface area contributed by atoms with E-state index in [1.165, 1.54) is 12.3 Å². The van der Waals surface area contributed by atoms with Crippen LogP contribution < -0.4 is 10.8 Å². The average molecular weight is 294 g/mol. The molecule has 0 spiro atoms. The molecule has 1 aromatic rings. The van der Waals surface area contributed by atoms with Crippen molar-refractivity contribution in [1.29, 1.82) is 0 Å². The quantitative estimate of drug-likeness (QED) is 0.812. The minimum atomic E-state index is -0.598. The Kier molecular flexibility index (Phi) is 5.36. The van der Waals surface area contributed by atoms with Crippen LogP contribution in [0.1, 0.15) is 42.7 Å². The standard InChI is InChI=1S/C14H18N2O5/c17-12(9-15-13(18)11-7-4-8-20-11)16-21-14(19)10-5-2-1-3-6-10/h4,7-8,10H,1-3,5-6,9H2,(H,15,18)(H,16,17). The molecule has 0 radical (unpaired) electrons. The number of hydroxylamine groups is 1. The van der Waals surface area contributed by atoms with E-state index < -0.39 is 17.8 Å². The summed E-state index contributed by atoms with van der Waals surface area (Å²) < 4.78 is 4.88. The summed E-state index contributed by atoms with van der Waals surface area (Å²) >= 11 is 0. The molecule has 1 aromatic heterocycles. The molecule has 0 bridgehead atoms. The van der Waals surface area contributed by atoms with Crippen molar-refractivity contribution in [3.8, 4) is 0 Å². The Hall–Kier alpha value is -2.31. The van der Waals surface area contributed by atoms with Crippen LogP contribution in [0.4, 0.5) is 0 Å². The lowest BCUT2D eigenvalue weighted by Gasteiger charge is -2.19. The summed E-state index contributed by atoms with van der Waals surface area (Å²) in [5, 5.41) is 2.35. The SMILES string of the molecule is O=C(CNC(=O)c1ccco1)NOC(=O)C1CCCCC1. The first-order chi connectivity index (χ1) is 10.2. The number of carbonyl (C=O) groups excluding carboxylic acids is 3. The van der Waals surface area contributed by atoms with E-state index in [9.17, 15) is 14.4 Å². The van der Waals surface area contributed by atoms with Gasteiger partial charge in [0.25, 0.3) is 11.8 Å². The van der Waals surface area contributed by atoms with E-state index in [1.807, 2.05) is 5.48 Å². The molecule has 1 heterocycles. The molecular weight excluding hydrogens is 276 g/mol. The van der Waals surface area contributed by atoms with E-state index in [0.29, 0.717) is 0 Å². The third-order valence-electron chi connectivity index (χ3n) is 3.36. The number of nitrogens with one attached hydrogen (secondary N) is 2. The van der Waals surface area contributed by atoms with Crippen LogP contribution in [0.2, 0.25) is 0 Å². The summed E-state index contributed by atoms with van der Waals surface area (Å²) in [6.07, 6.45) is 6.10. The summed E-state index contributed by atoms with van der Waals surface area (Å²) in [5.74, 6) is -1.55. The number of hydrogen-bond donors (Lipinski definition) is 2. The minimum absolute atomic E-state index is 0.113. The van der Waals surface area contributed by atoms with Crippen molar-refractivity contribution < 1.29 is 23.6 Å². The van der Waals surface area contributed by atoms with Gasteiger partial charge in [0.1, 0.15) is 6.54 Å². The van der Waals surface area contributed by atoms with Crippen molar-refractivity contribution in [2.45, 2.75) is 32.1 Å². The predicted octanol–water partition coefficient (Wildman–Crippen LogP) is 1.16. The smallest absolute Gasteiger partial charge is 0.335 e. The van der Waals surface area contributed by atoms with Gasteiger partial charge in [0.15, 0.2) is 5.76 Å². The molecule has 0 saturated heterocycles. The van der Waals surface area contributed by atoms with E-state index >= 15 is 0 Å². The number of amides is 2. The summed E-state index contributed by atoms with van der Waals surface area (Å²) in [5.41, 5.74) is 2.05. The molecule has 2 amide bonds. The molecule has 1 saturated carbocycles. The topological polar surface area (TPSA) is 97.6 Å². The van der Waals surface area contributed by atoms with Crippen molar-refractivity contribution in [2.75, 3.05) is 6.54 Å². The maximum absolute atomic E-state index is 11.7. The lowest BCUT2D eigenvalue weighted by molar-refractivity contribution is -0.162. The van der Waals surface area contributed by atoms with Gasteiger partial charge in [-0.25, -0.2) is 4.79 Å². The number of carbonyl (C=O) groups is 3. The Morgan fingerprint density at radius 1 is 1.24 bits per heavy atom. The van der Waals surface area contributed by atoms with Crippen LogP contribution in [-0.4, -0.2) is 24.3 Å². The number of hydrogen-bond acceptors (Lipinski definition) is 5. The van der Waals surface area contributed by atoms with Crippen molar-refractivity contribution in [2.24, 2.45) is 5.92 Å². The second kappa shape index (κ2) is 7.47. The van der Waals surface area contributed by atoms with E-state index in [0.717, 1.165) is 32.1 Å². The summed E-state index contributed by atoms with van der Waals surface area (Å²) in [7, 11) is 0. The van der Waals surface area contributed by atoms with Crippen LogP contribution in [0.5, 0.6) is 0 Å². The molecule has 2 rings (SSSR count). The molecule has 1 aliphatic carbocycles. The van der Waals surface area contributed by atoms with Gasteiger partial charge < -0.3 is 14.6 Å². The third-order valence-corrected chi connectivity index (χ3v) is 3.36. The normalized spacial score (nSPS) is 15.2. The van der Waals surface area contributed by atoms with Gasteiger partial charge >= 0.3 is 5.97 Å². The zero-order valence-electron chi connectivity index (χ0n) is 11.6. The van der Waals surface area contributed by atoms with Gasteiger partial charge in [-0.05, 0) is 25.0 Å². The fraction of sp³-hybridized carbons (Fsp3) is 0.500. The lowest BCUT2D eigenvalue weighted by atomic mass is 9.89. The summed E-state index contributed by atoms with van der Waals surface area (Å²) in [4.78, 5) is 39.4. The van der Waals surface area contributed by atoms with Crippen LogP contribution in [0.3, 0.4) is 0 Å². The zero-order chi connectivity index (χ0) is 15.1. The van der Waals surface area contributed by atoms with Gasteiger partial charge in [-0.15, -0.1) is 0 Å². The molecule has 0 atom stereocenters. The summed E-state index contributed by atoms with van der Waals surface area (Å²) in [6.45, 7) is -0.294. The van der Waals surface area contributed by atoms with E-state index in [4.69, 9.17) is 9.25 Å². The molecule has 114 valence electrons. The second-order valence-electron chi connectivity index (χ2n) is 4.94. The van der Waals surface area contributed by atoms with Crippen molar-refractivity contribution in [3.63, 3.8) is 0 Å². The fourth-order valence-electron chi connectivity index (χ4n) is 2.22. The summed E-state index contributed by atoms with van der Waals surface area (Å²) in [6, 6.07) is 3.05. The van der Waals surface area contributed by atoms with Crippen molar-refractivity contribution in [1.82, 2.24) is 10.8 Å². The van der Waals surface area contributed by atoms with Crippen LogP contribution >= 0.6 is 0 Å². The third kappa shape index (κ3) is 4.62. The maximum atomic E-state index is 11.7. The molecule has 21 heavy (non-hydrogen) atoms. The Labute approximate surface area is 122 Å². The van der Waals surface area contributed by atoms with Gasteiger partial charge in [-0.3, -0.25) is 9.59 Å². The Morgan fingerprint density at radius 2 is 2.00 bits per heavy atom. The molecule has 0 unspecified atom stereocenters. The van der Waals surface area contributed by atoms with E-state index in [2.05, 4.69) is 5.32 Å². The molecule has 0 aliphatic heterocycles. The van der Waals surface area contributed by atoms with Crippen LogP contribution in [0, 0.1) is 5.92 Å². The second-order valence-corrected chi connectivity index (χ2v) is 4.94. The highest BCUT2D eigenvalue weighted by Gasteiger charge is 2.23. The first-order valence-corrected chi connectivity index (χ1v) is 6.98. The number of furan rings is 1. The van der Waals surface area contributed by atoms with Crippen LogP contribution in [0.25, 0.3) is 0 Å². The van der Waals surface area contributed by atoms with Crippen LogP contribution in [0.15, 0.2) is 22.8 Å². The molecule has 1 aliphatic rings. The van der Waals surface area contributed by atoms with E-state index in [-0.39, 0.29) is 18.2 Å². The highest BCUT2D eigenvalue weighted by molar-refractivity contribution is 5.94. The molecule has 2 N–H and O–H groups in total. The van der Waals surface area contributed by atoms with E-state index in [1.54, 1.807) is 6.07 Å². The van der Waals surface area contributed by atoms with Gasteiger partial charge in [-0.1, -0.05) is 19.3 Å².